The molecule has 0 bridgehead atoms. The number of nitrogens with zero attached hydrogens (tertiary/aromatic N) is 2. The van der Waals surface area contributed by atoms with E-state index in [9.17, 15) is 17.6 Å². The monoisotopic (exact) mass is 529 g/mol. The second-order valence-corrected chi connectivity index (χ2v) is 10.3. The molecule has 0 spiro atoms. The van der Waals surface area contributed by atoms with E-state index in [4.69, 9.17) is 9.47 Å². The number of hydrogen-bond acceptors (Lipinski definition) is 6. The Labute approximate surface area is 211 Å². The van der Waals surface area contributed by atoms with Crippen LogP contribution in [0, 0.1) is 5.82 Å². The number of hydrogen-bond donors (Lipinski definition) is 1. The Kier molecular flexibility index (Phi) is 7.82. The van der Waals surface area contributed by atoms with Gasteiger partial charge in [-0.1, -0.05) is 17.4 Å². The number of carbonyl (C=O) groups is 1. The number of sulfonamides is 1. The molecular formula is C25H24FN3O5S2. The number of thiazole rings is 1. The van der Waals surface area contributed by atoms with Crippen molar-refractivity contribution < 1.29 is 27.1 Å². The Hall–Kier alpha value is -3.54. The molecule has 1 aromatic heterocycles. The number of aromatic nitrogens is 1. The maximum Gasteiger partial charge on any atom is 0.279 e. The molecule has 188 valence electrons. The molecule has 36 heavy (non-hydrogen) atoms. The van der Waals surface area contributed by atoms with Crippen molar-refractivity contribution in [1.29, 1.82) is 0 Å². The zero-order valence-corrected chi connectivity index (χ0v) is 21.2. The highest BCUT2D eigenvalue weighted by atomic mass is 32.2. The fourth-order valence-corrected chi connectivity index (χ4v) is 5.61. The van der Waals surface area contributed by atoms with Crippen molar-refractivity contribution in [2.24, 2.45) is 4.99 Å². The van der Waals surface area contributed by atoms with E-state index in [1.807, 2.05) is 11.5 Å². The second-order valence-electron chi connectivity index (χ2n) is 7.62. The minimum atomic E-state index is -3.88. The van der Waals surface area contributed by atoms with Gasteiger partial charge in [0.15, 0.2) is 4.80 Å². The normalized spacial score (nSPS) is 12.1. The summed E-state index contributed by atoms with van der Waals surface area (Å²) in [7, 11) is -2.39. The summed E-state index contributed by atoms with van der Waals surface area (Å²) >= 11 is 1.19. The second kappa shape index (κ2) is 11.0. The number of amides is 1. The summed E-state index contributed by atoms with van der Waals surface area (Å²) in [5.41, 5.74) is 1.16. The van der Waals surface area contributed by atoms with Crippen LogP contribution >= 0.6 is 11.3 Å². The van der Waals surface area contributed by atoms with Gasteiger partial charge in [-0.3, -0.25) is 9.52 Å². The number of anilines is 1. The fourth-order valence-electron chi connectivity index (χ4n) is 3.48. The summed E-state index contributed by atoms with van der Waals surface area (Å²) < 4.78 is 54.7. The van der Waals surface area contributed by atoms with Crippen molar-refractivity contribution in [2.45, 2.75) is 18.4 Å². The number of benzene rings is 3. The molecule has 0 unspecified atom stereocenters. The minimum absolute atomic E-state index is 0.0533. The molecule has 0 fully saturated rings. The van der Waals surface area contributed by atoms with Gasteiger partial charge in [-0.25, -0.2) is 12.8 Å². The molecule has 11 heteroatoms. The number of rotatable bonds is 9. The number of carbonyl (C=O) groups excluding carboxylic acids is 1. The van der Waals surface area contributed by atoms with Gasteiger partial charge in [-0.15, -0.1) is 0 Å². The SMILES string of the molecule is CCOCCn1c(=NC(=O)c2cccc(NS(=O)(=O)c3ccc(OC)cc3)c2)sc2cc(F)ccc21. The molecule has 0 radical (unpaired) electrons. The molecule has 1 amide bonds. The Balaban J connectivity index is 1.63. The predicted molar refractivity (Wildman–Crippen MR) is 136 cm³/mol. The van der Waals surface area contributed by atoms with E-state index in [-0.39, 0.29) is 22.0 Å². The lowest BCUT2D eigenvalue weighted by Gasteiger charge is -2.09. The van der Waals surface area contributed by atoms with Crippen LogP contribution in [0.15, 0.2) is 76.6 Å². The zero-order chi connectivity index (χ0) is 25.7. The van der Waals surface area contributed by atoms with Crippen LogP contribution in [0.2, 0.25) is 0 Å². The van der Waals surface area contributed by atoms with Crippen LogP contribution in [0.5, 0.6) is 5.75 Å². The van der Waals surface area contributed by atoms with Crippen LogP contribution in [0.3, 0.4) is 0 Å². The van der Waals surface area contributed by atoms with Gasteiger partial charge in [-0.05, 0) is 67.6 Å². The highest BCUT2D eigenvalue weighted by Crippen LogP contribution is 2.21. The van der Waals surface area contributed by atoms with Gasteiger partial charge in [0.05, 0.1) is 28.8 Å². The van der Waals surface area contributed by atoms with Crippen molar-refractivity contribution in [2.75, 3.05) is 25.0 Å². The van der Waals surface area contributed by atoms with Crippen molar-refractivity contribution >= 4 is 43.2 Å². The summed E-state index contributed by atoms with van der Waals surface area (Å²) in [6.07, 6.45) is 0. The highest BCUT2D eigenvalue weighted by molar-refractivity contribution is 7.92. The number of halogens is 1. The van der Waals surface area contributed by atoms with Gasteiger partial charge < -0.3 is 14.0 Å². The first-order valence-corrected chi connectivity index (χ1v) is 13.3. The summed E-state index contributed by atoms with van der Waals surface area (Å²) in [4.78, 5) is 17.7. The van der Waals surface area contributed by atoms with Gasteiger partial charge in [0, 0.05) is 24.4 Å². The number of methoxy groups -OCH3 is 1. The summed E-state index contributed by atoms with van der Waals surface area (Å²) in [6, 6.07) is 16.4. The van der Waals surface area contributed by atoms with Gasteiger partial charge in [0.25, 0.3) is 15.9 Å². The number of nitrogens with one attached hydrogen (secondary N) is 1. The quantitative estimate of drug-likeness (QED) is 0.324. The minimum Gasteiger partial charge on any atom is -0.497 e. The van der Waals surface area contributed by atoms with Crippen molar-refractivity contribution in [3.05, 3.63) is 82.9 Å². The molecule has 4 aromatic rings. The molecule has 0 saturated carbocycles. The first-order chi connectivity index (χ1) is 17.3. The van der Waals surface area contributed by atoms with Gasteiger partial charge in [-0.2, -0.15) is 4.99 Å². The number of fused-ring (bicyclic) bond motifs is 1. The average molecular weight is 530 g/mol. The van der Waals surface area contributed by atoms with Crippen molar-refractivity contribution in [3.63, 3.8) is 0 Å². The lowest BCUT2D eigenvalue weighted by molar-refractivity contribution is 0.0996. The first kappa shape index (κ1) is 25.5. The average Bonchev–Trinajstić information content (AvgIpc) is 3.19. The van der Waals surface area contributed by atoms with Crippen LogP contribution in [-0.2, 0) is 21.3 Å². The van der Waals surface area contributed by atoms with E-state index < -0.39 is 15.9 Å². The first-order valence-electron chi connectivity index (χ1n) is 11.0. The largest absolute Gasteiger partial charge is 0.497 e. The third kappa shape index (κ3) is 5.81. The van der Waals surface area contributed by atoms with E-state index in [0.717, 1.165) is 5.52 Å². The summed E-state index contributed by atoms with van der Waals surface area (Å²) in [5, 5.41) is 0. The maximum atomic E-state index is 13.8. The predicted octanol–water partition coefficient (Wildman–Crippen LogP) is 4.43. The van der Waals surface area contributed by atoms with Crippen molar-refractivity contribution in [3.8, 4) is 5.75 Å². The molecule has 1 N–H and O–H groups in total. The molecule has 0 atom stereocenters. The van der Waals surface area contributed by atoms with Crippen LogP contribution < -0.4 is 14.3 Å². The molecular weight excluding hydrogens is 505 g/mol. The molecule has 1 heterocycles. The molecule has 0 aliphatic heterocycles. The Morgan fingerprint density at radius 1 is 1.11 bits per heavy atom. The lowest BCUT2D eigenvalue weighted by Crippen LogP contribution is -2.20. The van der Waals surface area contributed by atoms with Crippen LogP contribution in [-0.4, -0.2) is 39.2 Å². The molecule has 0 aliphatic carbocycles. The molecule has 3 aromatic carbocycles. The van der Waals surface area contributed by atoms with E-state index in [0.29, 0.717) is 35.0 Å². The smallest absolute Gasteiger partial charge is 0.279 e. The van der Waals surface area contributed by atoms with E-state index in [1.165, 1.54) is 48.8 Å². The molecule has 8 nitrogen and oxygen atoms in total. The third-order valence-electron chi connectivity index (χ3n) is 5.24. The van der Waals surface area contributed by atoms with Gasteiger partial charge in [0.1, 0.15) is 11.6 Å². The van der Waals surface area contributed by atoms with Crippen LogP contribution in [0.1, 0.15) is 17.3 Å². The summed E-state index contributed by atoms with van der Waals surface area (Å²) in [6.45, 7) is 3.27. The lowest BCUT2D eigenvalue weighted by atomic mass is 10.2. The standard InChI is InChI=1S/C25H24FN3O5S2/c1-3-34-14-13-29-22-12-7-18(26)16-23(22)35-25(29)27-24(30)17-5-4-6-19(15-17)28-36(31,32)21-10-8-20(33-2)9-11-21/h4-12,15-16,28H,3,13-14H2,1-2H3. The summed E-state index contributed by atoms with van der Waals surface area (Å²) in [5.74, 6) is -0.404. The highest BCUT2D eigenvalue weighted by Gasteiger charge is 2.16. The Bertz CT molecular complexity index is 1560. The molecule has 4 rings (SSSR count). The molecule has 0 aliphatic rings. The topological polar surface area (TPSA) is 99.0 Å². The van der Waals surface area contributed by atoms with Gasteiger partial charge >= 0.3 is 0 Å². The Morgan fingerprint density at radius 2 is 1.89 bits per heavy atom. The van der Waals surface area contributed by atoms with Crippen LogP contribution in [0.4, 0.5) is 10.1 Å². The zero-order valence-electron chi connectivity index (χ0n) is 19.6. The fraction of sp³-hybridized carbons (Fsp3) is 0.200. The molecule has 0 saturated heterocycles. The van der Waals surface area contributed by atoms with Crippen molar-refractivity contribution in [1.82, 2.24) is 4.57 Å². The van der Waals surface area contributed by atoms with Crippen LogP contribution in [0.25, 0.3) is 10.2 Å². The van der Waals surface area contributed by atoms with E-state index in [2.05, 4.69) is 9.71 Å². The maximum absolute atomic E-state index is 13.8. The van der Waals surface area contributed by atoms with E-state index >= 15 is 0 Å². The van der Waals surface area contributed by atoms with E-state index in [1.54, 1.807) is 36.4 Å². The Morgan fingerprint density at radius 3 is 2.61 bits per heavy atom. The van der Waals surface area contributed by atoms with Gasteiger partial charge in [0.2, 0.25) is 0 Å². The third-order valence-corrected chi connectivity index (χ3v) is 7.68. The number of ether oxygens (including phenoxy) is 2.